The van der Waals surface area contributed by atoms with Gasteiger partial charge in [0.25, 0.3) is 0 Å². The summed E-state index contributed by atoms with van der Waals surface area (Å²) < 4.78 is 31.2. The van der Waals surface area contributed by atoms with Crippen LogP contribution in [0.5, 0.6) is 0 Å². The summed E-state index contributed by atoms with van der Waals surface area (Å²) in [6.45, 7) is 21.8. The zero-order valence-electron chi connectivity index (χ0n) is 17.4. The third-order valence-corrected chi connectivity index (χ3v) is 6.37. The van der Waals surface area contributed by atoms with Gasteiger partial charge in [0.15, 0.2) is 31.2 Å². The van der Waals surface area contributed by atoms with Gasteiger partial charge in [-0.3, -0.25) is 0 Å². The zero-order chi connectivity index (χ0) is 18.9. The first-order valence-electron chi connectivity index (χ1n) is 8.85. The third-order valence-electron chi connectivity index (χ3n) is 3.43. The first kappa shape index (κ1) is 22.5. The number of hydrogen-bond acceptors (Lipinski definition) is 5. The van der Waals surface area contributed by atoms with Crippen LogP contribution in [0.3, 0.4) is 0 Å². The van der Waals surface area contributed by atoms with Crippen LogP contribution in [0, 0.1) is 0 Å². The van der Waals surface area contributed by atoms with Gasteiger partial charge in [0.05, 0.1) is 12.2 Å². The highest BCUT2D eigenvalue weighted by atomic mass is 28.4. The number of rotatable bonds is 7. The molecule has 24 heavy (non-hydrogen) atoms. The van der Waals surface area contributed by atoms with Crippen molar-refractivity contribution in [3.63, 3.8) is 0 Å². The Balaban J connectivity index is 3.20. The van der Waals surface area contributed by atoms with Crippen LogP contribution in [0.15, 0.2) is 0 Å². The van der Waals surface area contributed by atoms with E-state index < -0.39 is 31.2 Å². The molecule has 1 aliphatic rings. The van der Waals surface area contributed by atoms with E-state index in [1.807, 2.05) is 6.92 Å². The summed E-state index contributed by atoms with van der Waals surface area (Å²) in [5, 5.41) is 0. The van der Waals surface area contributed by atoms with Crippen molar-refractivity contribution in [1.29, 1.82) is 0 Å². The number of hydrogen-bond donors (Lipinski definition) is 0. The van der Waals surface area contributed by atoms with Crippen molar-refractivity contribution in [2.45, 2.75) is 96.6 Å². The molecular weight excluding hydrogens is 356 g/mol. The Kier molecular flexibility index (Phi) is 7.49. The van der Waals surface area contributed by atoms with Crippen LogP contribution >= 0.6 is 0 Å². The summed E-state index contributed by atoms with van der Waals surface area (Å²) in [7, 11) is -3.67. The molecule has 0 aromatic carbocycles. The Morgan fingerprint density at radius 3 is 1.38 bits per heavy atom. The van der Waals surface area contributed by atoms with Gasteiger partial charge in [0.1, 0.15) is 12.2 Å². The van der Waals surface area contributed by atoms with E-state index in [0.29, 0.717) is 0 Å². The maximum Gasteiger partial charge on any atom is 0.185 e. The van der Waals surface area contributed by atoms with Crippen molar-refractivity contribution in [2.75, 3.05) is 7.11 Å². The van der Waals surface area contributed by atoms with Gasteiger partial charge < -0.3 is 22.8 Å². The summed E-state index contributed by atoms with van der Waals surface area (Å²) in [5.41, 5.74) is 0. The molecule has 0 spiro atoms. The molecule has 1 saturated heterocycles. The molecule has 0 aliphatic carbocycles. The van der Waals surface area contributed by atoms with Crippen molar-refractivity contribution >= 4 is 25.0 Å². The molecule has 1 fully saturated rings. The molecule has 5 atom stereocenters. The highest BCUT2D eigenvalue weighted by molar-refractivity contribution is 6.70. The highest BCUT2D eigenvalue weighted by Crippen LogP contribution is 2.33. The van der Waals surface area contributed by atoms with Crippen molar-refractivity contribution in [3.05, 3.63) is 0 Å². The Bertz CT molecular complexity index is 400. The molecule has 1 heterocycles. The smallest absolute Gasteiger partial charge is 0.185 e. The third kappa shape index (κ3) is 7.37. The molecule has 0 amide bonds. The lowest BCUT2D eigenvalue weighted by atomic mass is 10.0. The fraction of sp³-hybridized carbons (Fsp3) is 1.00. The summed E-state index contributed by atoms with van der Waals surface area (Å²) in [6, 6.07) is 0. The van der Waals surface area contributed by atoms with Crippen LogP contribution in [0.4, 0.5) is 0 Å². The number of ether oxygens (including phenoxy) is 2. The molecular formula is C16H38O5Si3. The molecule has 0 radical (unpaired) electrons. The van der Waals surface area contributed by atoms with Crippen LogP contribution < -0.4 is 0 Å². The summed E-state index contributed by atoms with van der Waals surface area (Å²) in [6.07, 6.45) is -1.06. The molecule has 0 saturated carbocycles. The van der Waals surface area contributed by atoms with Gasteiger partial charge in [0, 0.05) is 7.11 Å². The van der Waals surface area contributed by atoms with Gasteiger partial charge in [-0.15, -0.1) is 0 Å². The molecule has 5 unspecified atom stereocenters. The Labute approximate surface area is 151 Å². The minimum atomic E-state index is -1.80. The van der Waals surface area contributed by atoms with Crippen molar-refractivity contribution < 1.29 is 22.8 Å². The molecule has 8 heteroatoms. The minimum Gasteiger partial charge on any atom is -0.409 e. The lowest BCUT2D eigenvalue weighted by molar-refractivity contribution is -0.275. The van der Waals surface area contributed by atoms with Crippen LogP contribution in [0.25, 0.3) is 0 Å². The van der Waals surface area contributed by atoms with Gasteiger partial charge in [-0.2, -0.15) is 0 Å². The molecule has 0 N–H and O–H groups in total. The largest absolute Gasteiger partial charge is 0.409 e. The Hall–Kier alpha value is 0.451. The van der Waals surface area contributed by atoms with Gasteiger partial charge in [-0.05, 0) is 65.8 Å². The van der Waals surface area contributed by atoms with E-state index in [4.69, 9.17) is 22.8 Å². The standard InChI is InChI=1S/C16H38O5Si3/c1-12-13(19-22(3,4)5)14(20-23(6,7)8)15(16(17-2)18-12)21-24(9,10)11/h12-16H,1-11H3. The second-order valence-corrected chi connectivity index (χ2v) is 22.9. The molecule has 0 aromatic rings. The quantitative estimate of drug-likeness (QED) is 0.610. The zero-order valence-corrected chi connectivity index (χ0v) is 20.4. The van der Waals surface area contributed by atoms with Gasteiger partial charge >= 0.3 is 0 Å². The molecule has 1 aliphatic heterocycles. The van der Waals surface area contributed by atoms with Gasteiger partial charge in [0.2, 0.25) is 0 Å². The minimum absolute atomic E-state index is 0.0930. The normalized spacial score (nSPS) is 32.9. The average Bonchev–Trinajstić information content (AvgIpc) is 2.32. The van der Waals surface area contributed by atoms with E-state index in [9.17, 15) is 0 Å². The van der Waals surface area contributed by atoms with Crippen molar-refractivity contribution in [1.82, 2.24) is 0 Å². The van der Waals surface area contributed by atoms with E-state index in [2.05, 4.69) is 58.9 Å². The first-order valence-corrected chi connectivity index (χ1v) is 19.1. The average molecular weight is 395 g/mol. The fourth-order valence-electron chi connectivity index (χ4n) is 2.81. The SMILES string of the molecule is COC1OC(C)C(O[Si](C)(C)C)C(O[Si](C)(C)C)C1O[Si](C)(C)C. The number of methoxy groups -OCH3 is 1. The molecule has 5 nitrogen and oxygen atoms in total. The van der Waals surface area contributed by atoms with Crippen LogP contribution in [0.1, 0.15) is 6.92 Å². The summed E-state index contributed by atoms with van der Waals surface area (Å²) in [5.74, 6) is 0. The second kappa shape index (κ2) is 7.99. The maximum absolute atomic E-state index is 6.57. The summed E-state index contributed by atoms with van der Waals surface area (Å²) in [4.78, 5) is 0. The van der Waals surface area contributed by atoms with E-state index >= 15 is 0 Å². The predicted octanol–water partition coefficient (Wildman–Crippen LogP) is 4.04. The fourth-order valence-corrected chi connectivity index (χ4v) is 6.10. The Morgan fingerprint density at radius 1 is 0.625 bits per heavy atom. The van der Waals surface area contributed by atoms with E-state index in [1.165, 1.54) is 0 Å². The molecule has 1 rings (SSSR count). The van der Waals surface area contributed by atoms with Gasteiger partial charge in [-0.25, -0.2) is 0 Å². The summed E-state index contributed by atoms with van der Waals surface area (Å²) >= 11 is 0. The second-order valence-electron chi connectivity index (χ2n) is 9.53. The monoisotopic (exact) mass is 394 g/mol. The lowest BCUT2D eigenvalue weighted by Crippen LogP contribution is -2.64. The molecule has 0 bridgehead atoms. The first-order chi connectivity index (χ1) is 10.6. The van der Waals surface area contributed by atoms with Crippen LogP contribution in [-0.4, -0.2) is 62.8 Å². The van der Waals surface area contributed by atoms with Crippen LogP contribution in [0.2, 0.25) is 58.9 Å². The van der Waals surface area contributed by atoms with Crippen molar-refractivity contribution in [3.8, 4) is 0 Å². The topological polar surface area (TPSA) is 46.2 Å². The van der Waals surface area contributed by atoms with Crippen molar-refractivity contribution in [2.24, 2.45) is 0 Å². The highest BCUT2D eigenvalue weighted by Gasteiger charge is 2.50. The molecule has 0 aromatic heterocycles. The lowest BCUT2D eigenvalue weighted by Gasteiger charge is -2.49. The van der Waals surface area contributed by atoms with E-state index in [1.54, 1.807) is 7.11 Å². The maximum atomic E-state index is 6.57. The van der Waals surface area contributed by atoms with E-state index in [-0.39, 0.29) is 24.4 Å². The predicted molar refractivity (Wildman–Crippen MR) is 106 cm³/mol. The van der Waals surface area contributed by atoms with Crippen LogP contribution in [-0.2, 0) is 22.8 Å². The Morgan fingerprint density at radius 2 is 1.00 bits per heavy atom. The molecule has 144 valence electrons. The van der Waals surface area contributed by atoms with E-state index in [0.717, 1.165) is 0 Å². The van der Waals surface area contributed by atoms with Gasteiger partial charge in [-0.1, -0.05) is 0 Å².